The van der Waals surface area contributed by atoms with Gasteiger partial charge in [-0.15, -0.1) is 0 Å². The summed E-state index contributed by atoms with van der Waals surface area (Å²) in [5.74, 6) is 0.650. The van der Waals surface area contributed by atoms with Crippen LogP contribution >= 0.6 is 0 Å². The lowest BCUT2D eigenvalue weighted by Gasteiger charge is -2.34. The molecule has 1 aliphatic heterocycles. The van der Waals surface area contributed by atoms with Gasteiger partial charge in [0.05, 0.1) is 0 Å². The number of piperidine rings is 1. The highest BCUT2D eigenvalue weighted by Crippen LogP contribution is 2.18. The van der Waals surface area contributed by atoms with Crippen LogP contribution in [0.25, 0.3) is 6.08 Å². The quantitative estimate of drug-likeness (QED) is 0.648. The van der Waals surface area contributed by atoms with Gasteiger partial charge in [0.1, 0.15) is 0 Å². The maximum Gasteiger partial charge on any atom is 0.246 e. The standard InChI is InChI=1S/C24H37N3O2/c1-5-26(6-2)22(19(3)4)18-25-24(29)21-14-16-27(17-15-21)23(28)13-12-20-10-8-7-9-11-20/h7-13,19,21-22H,5-6,14-18H2,1-4H3,(H,25,29). The smallest absolute Gasteiger partial charge is 0.246 e. The van der Waals surface area contributed by atoms with Crippen molar-refractivity contribution in [2.45, 2.75) is 46.6 Å². The van der Waals surface area contributed by atoms with Gasteiger partial charge in [0.25, 0.3) is 0 Å². The topological polar surface area (TPSA) is 52.7 Å². The van der Waals surface area contributed by atoms with Gasteiger partial charge in [-0.05, 0) is 43.5 Å². The number of likely N-dealkylation sites (tertiary alicyclic amines) is 1. The number of nitrogens with one attached hydrogen (secondary N) is 1. The summed E-state index contributed by atoms with van der Waals surface area (Å²) in [5.41, 5.74) is 1.02. The molecule has 1 aromatic carbocycles. The molecule has 1 fully saturated rings. The van der Waals surface area contributed by atoms with E-state index >= 15 is 0 Å². The fraction of sp³-hybridized carbons (Fsp3) is 0.583. The van der Waals surface area contributed by atoms with Gasteiger partial charge in [-0.25, -0.2) is 0 Å². The molecule has 2 amide bonds. The van der Waals surface area contributed by atoms with Gasteiger partial charge >= 0.3 is 0 Å². The largest absolute Gasteiger partial charge is 0.354 e. The predicted molar refractivity (Wildman–Crippen MR) is 119 cm³/mol. The summed E-state index contributed by atoms with van der Waals surface area (Å²) in [6, 6.07) is 10.2. The summed E-state index contributed by atoms with van der Waals surface area (Å²) in [7, 11) is 0. The van der Waals surface area contributed by atoms with Gasteiger partial charge in [-0.3, -0.25) is 14.5 Å². The zero-order chi connectivity index (χ0) is 21.2. The van der Waals surface area contributed by atoms with E-state index in [2.05, 4.69) is 37.9 Å². The molecule has 2 rings (SSSR count). The van der Waals surface area contributed by atoms with Crippen LogP contribution in [0, 0.1) is 11.8 Å². The molecule has 1 N–H and O–H groups in total. The molecule has 1 heterocycles. The number of benzene rings is 1. The van der Waals surface area contributed by atoms with Gasteiger partial charge in [-0.2, -0.15) is 0 Å². The van der Waals surface area contributed by atoms with Crippen LogP contribution in [0.3, 0.4) is 0 Å². The molecule has 0 bridgehead atoms. The van der Waals surface area contributed by atoms with E-state index in [1.165, 1.54) is 0 Å². The molecule has 1 saturated heterocycles. The molecule has 160 valence electrons. The van der Waals surface area contributed by atoms with Crippen LogP contribution in [0.1, 0.15) is 46.1 Å². The van der Waals surface area contributed by atoms with Gasteiger partial charge in [0.2, 0.25) is 11.8 Å². The lowest BCUT2D eigenvalue weighted by atomic mass is 9.95. The maximum atomic E-state index is 12.7. The summed E-state index contributed by atoms with van der Waals surface area (Å²) in [6.07, 6.45) is 4.94. The van der Waals surface area contributed by atoms with Crippen molar-refractivity contribution < 1.29 is 9.59 Å². The molecule has 0 saturated carbocycles. The molecule has 1 unspecified atom stereocenters. The summed E-state index contributed by atoms with van der Waals surface area (Å²) in [6.45, 7) is 12.7. The second-order valence-electron chi connectivity index (χ2n) is 8.12. The Labute approximate surface area is 176 Å². The summed E-state index contributed by atoms with van der Waals surface area (Å²) in [4.78, 5) is 29.3. The first-order valence-corrected chi connectivity index (χ1v) is 11.0. The molecule has 29 heavy (non-hydrogen) atoms. The third-order valence-corrected chi connectivity index (χ3v) is 5.93. The van der Waals surface area contributed by atoms with Gasteiger partial charge < -0.3 is 10.2 Å². The van der Waals surface area contributed by atoms with Crippen molar-refractivity contribution in [1.29, 1.82) is 0 Å². The Hall–Kier alpha value is -2.14. The monoisotopic (exact) mass is 399 g/mol. The highest BCUT2D eigenvalue weighted by Gasteiger charge is 2.28. The number of nitrogens with zero attached hydrogens (tertiary/aromatic N) is 2. The third kappa shape index (κ3) is 7.00. The normalized spacial score (nSPS) is 16.6. The van der Waals surface area contributed by atoms with Gasteiger partial charge in [0, 0.05) is 37.7 Å². The molecule has 5 nitrogen and oxygen atoms in total. The van der Waals surface area contributed by atoms with E-state index in [0.29, 0.717) is 31.6 Å². The fourth-order valence-corrected chi connectivity index (χ4v) is 4.03. The highest BCUT2D eigenvalue weighted by atomic mass is 16.2. The molecule has 0 radical (unpaired) electrons. The Morgan fingerprint density at radius 3 is 2.31 bits per heavy atom. The van der Waals surface area contributed by atoms with Gasteiger partial charge in [0.15, 0.2) is 0 Å². The van der Waals surface area contributed by atoms with Crippen molar-refractivity contribution in [2.24, 2.45) is 11.8 Å². The lowest BCUT2D eigenvalue weighted by molar-refractivity contribution is -0.132. The Morgan fingerprint density at radius 2 is 1.76 bits per heavy atom. The van der Waals surface area contributed by atoms with Gasteiger partial charge in [-0.1, -0.05) is 58.0 Å². The summed E-state index contributed by atoms with van der Waals surface area (Å²) in [5, 5.41) is 3.18. The third-order valence-electron chi connectivity index (χ3n) is 5.93. The Balaban J connectivity index is 1.79. The predicted octanol–water partition coefficient (Wildman–Crippen LogP) is 3.42. The van der Waals surface area contributed by atoms with Crippen LogP contribution in [0.15, 0.2) is 36.4 Å². The number of amides is 2. The minimum Gasteiger partial charge on any atom is -0.354 e. The number of carbonyl (C=O) groups excluding carboxylic acids is 2. The lowest BCUT2D eigenvalue weighted by Crippen LogP contribution is -2.49. The van der Waals surface area contributed by atoms with E-state index in [0.717, 1.165) is 31.5 Å². The van der Waals surface area contributed by atoms with Crippen molar-refractivity contribution in [1.82, 2.24) is 15.1 Å². The Kier molecular flexibility index (Phi) is 9.39. The van der Waals surface area contributed by atoms with E-state index < -0.39 is 0 Å². The zero-order valence-electron chi connectivity index (χ0n) is 18.4. The summed E-state index contributed by atoms with van der Waals surface area (Å²) >= 11 is 0. The Bertz CT molecular complexity index is 660. The fourth-order valence-electron chi connectivity index (χ4n) is 4.03. The van der Waals surface area contributed by atoms with E-state index in [4.69, 9.17) is 0 Å². The SMILES string of the molecule is CCN(CC)C(CNC(=O)C1CCN(C(=O)C=Cc2ccccc2)CC1)C(C)C. The Morgan fingerprint density at radius 1 is 1.14 bits per heavy atom. The number of carbonyl (C=O) groups is 2. The molecule has 1 aromatic rings. The van der Waals surface area contributed by atoms with Crippen LogP contribution in [-0.4, -0.2) is 60.4 Å². The molecular weight excluding hydrogens is 362 g/mol. The second kappa shape index (κ2) is 11.8. The van der Waals surface area contributed by atoms with Crippen molar-refractivity contribution in [2.75, 3.05) is 32.7 Å². The van der Waals surface area contributed by atoms with Crippen LogP contribution in [0.4, 0.5) is 0 Å². The van der Waals surface area contributed by atoms with Crippen LogP contribution in [0.5, 0.6) is 0 Å². The maximum absolute atomic E-state index is 12.7. The minimum absolute atomic E-state index is 0.00154. The number of rotatable bonds is 9. The average Bonchev–Trinajstić information content (AvgIpc) is 2.75. The van der Waals surface area contributed by atoms with E-state index in [1.54, 1.807) is 6.08 Å². The van der Waals surface area contributed by atoms with Crippen LogP contribution < -0.4 is 5.32 Å². The molecule has 5 heteroatoms. The van der Waals surface area contributed by atoms with E-state index in [-0.39, 0.29) is 17.7 Å². The molecule has 1 aliphatic rings. The number of hydrogen-bond acceptors (Lipinski definition) is 3. The summed E-state index contributed by atoms with van der Waals surface area (Å²) < 4.78 is 0. The van der Waals surface area contributed by atoms with Crippen molar-refractivity contribution >= 4 is 17.9 Å². The molecule has 0 spiro atoms. The average molecular weight is 400 g/mol. The second-order valence-corrected chi connectivity index (χ2v) is 8.12. The molecule has 0 aromatic heterocycles. The number of hydrogen-bond donors (Lipinski definition) is 1. The molecule has 0 aliphatic carbocycles. The minimum atomic E-state index is 0.00154. The zero-order valence-corrected chi connectivity index (χ0v) is 18.4. The van der Waals surface area contributed by atoms with Crippen molar-refractivity contribution in [3.05, 3.63) is 42.0 Å². The number of likely N-dealkylation sites (N-methyl/N-ethyl adjacent to an activating group) is 1. The molecular formula is C24H37N3O2. The van der Waals surface area contributed by atoms with Crippen molar-refractivity contribution in [3.8, 4) is 0 Å². The highest BCUT2D eigenvalue weighted by molar-refractivity contribution is 5.92. The van der Waals surface area contributed by atoms with E-state index in [1.807, 2.05) is 41.3 Å². The van der Waals surface area contributed by atoms with Crippen molar-refractivity contribution in [3.63, 3.8) is 0 Å². The first kappa shape index (κ1) is 23.1. The van der Waals surface area contributed by atoms with E-state index in [9.17, 15) is 9.59 Å². The van der Waals surface area contributed by atoms with Crippen LogP contribution in [-0.2, 0) is 9.59 Å². The molecule has 1 atom stereocenters. The first-order valence-electron chi connectivity index (χ1n) is 11.0. The van der Waals surface area contributed by atoms with Crippen LogP contribution in [0.2, 0.25) is 0 Å². The first-order chi connectivity index (χ1) is 14.0.